The van der Waals surface area contributed by atoms with Crippen molar-refractivity contribution in [3.8, 4) is 225 Å². The molecule has 23 aromatic heterocycles. The van der Waals surface area contributed by atoms with E-state index in [1.807, 2.05) is 118 Å². The van der Waals surface area contributed by atoms with Crippen LogP contribution in [0.15, 0.2) is 135 Å². The predicted octanol–water partition coefficient (Wildman–Crippen LogP) is 26.5. The second-order valence-corrected chi connectivity index (χ2v) is 45.1. The molecule has 23 aromatic rings. The average Bonchev–Trinajstić information content (AvgIpc) is 1.65. The molecule has 0 aromatic carbocycles. The Bertz CT molecular complexity index is 7610. The van der Waals surface area contributed by atoms with E-state index < -0.39 is 0 Å². The molecule has 1 aliphatic rings. The van der Waals surface area contributed by atoms with Crippen LogP contribution in [0.5, 0.6) is 0 Å². The Morgan fingerprint density at radius 2 is 0.375 bits per heavy atom. The van der Waals surface area contributed by atoms with E-state index in [9.17, 15) is 0 Å². The molecule has 579 valence electrons. The molecule has 0 saturated heterocycles. The molecule has 0 amide bonds. The van der Waals surface area contributed by atoms with Crippen molar-refractivity contribution >= 4 is 284 Å². The van der Waals surface area contributed by atoms with Crippen molar-refractivity contribution in [2.75, 3.05) is 10.8 Å². The lowest BCUT2D eigenvalue weighted by Gasteiger charge is -2.16. The quantitative estimate of drug-likeness (QED) is 0.0574. The van der Waals surface area contributed by atoms with Gasteiger partial charge in [0.25, 0.3) is 0 Å². The van der Waals surface area contributed by atoms with Gasteiger partial charge in [0.1, 0.15) is 242 Å². The lowest BCUT2D eigenvalue weighted by molar-refractivity contribution is 1.14. The Labute approximate surface area is 770 Å². The topological polar surface area (TPSA) is 300 Å². The first kappa shape index (κ1) is 75.1. The molecule has 24 heterocycles. The molecule has 0 fully saturated rings. The summed E-state index contributed by atoms with van der Waals surface area (Å²) >= 11 is 37.4. The summed E-state index contributed by atoms with van der Waals surface area (Å²) in [6.45, 7) is 0. The summed E-state index contributed by atoms with van der Waals surface area (Å²) in [6, 6.07) is 0. The third-order valence-electron chi connectivity index (χ3n) is 17.2. The molecule has 0 bridgehead atoms. The summed E-state index contributed by atoms with van der Waals surface area (Å²) in [5, 5.41) is 66.8. The van der Waals surface area contributed by atoms with Crippen LogP contribution in [0.1, 0.15) is 5.01 Å². The van der Waals surface area contributed by atoms with Gasteiger partial charge in [0.05, 0.1) is 17.1 Å². The highest BCUT2D eigenvalue weighted by molar-refractivity contribution is 8.02. The van der Waals surface area contributed by atoms with Gasteiger partial charge >= 0.3 is 0 Å². The number of thioether (sulfide) groups is 1. The first-order valence-corrected chi connectivity index (χ1v) is 55.5. The van der Waals surface area contributed by atoms with Crippen molar-refractivity contribution in [3.05, 3.63) is 146 Å². The van der Waals surface area contributed by atoms with E-state index in [0.29, 0.717) is 0 Å². The van der Waals surface area contributed by atoms with E-state index in [1.165, 1.54) is 102 Å². The lowest BCUT2D eigenvalue weighted by atomic mass is 10.4. The molecule has 0 N–H and O–H groups in total. The van der Waals surface area contributed by atoms with Gasteiger partial charge in [-0.2, -0.15) is 0 Å². The molecule has 1 radical (unpaired) electrons. The summed E-state index contributed by atoms with van der Waals surface area (Å²) in [5.41, 5.74) is 19.8. The van der Waals surface area contributed by atoms with Gasteiger partial charge in [-0.05, 0) is 5.41 Å². The van der Waals surface area contributed by atoms with Gasteiger partial charge in [-0.1, -0.05) is 0 Å². The molecule has 0 spiro atoms. The van der Waals surface area contributed by atoms with E-state index in [4.69, 9.17) is 105 Å². The number of aromatic nitrogens is 23. The maximum absolute atomic E-state index is 5.01. The number of anilines is 1. The van der Waals surface area contributed by atoms with Crippen molar-refractivity contribution in [2.24, 2.45) is 0 Å². The normalized spacial score (nSPS) is 12.5. The van der Waals surface area contributed by atoms with Gasteiger partial charge in [0.2, 0.25) is 0 Å². The van der Waals surface area contributed by atoms with Crippen LogP contribution in [0.25, 0.3) is 230 Å². The molecule has 0 saturated carbocycles. The molecule has 1 aliphatic heterocycles. The number of hydrogen-bond acceptors (Lipinski definition) is 48. The Morgan fingerprint density at radius 3 is 0.542 bits per heavy atom. The molecule has 0 aliphatic carbocycles. The number of hydrogen-bond donors (Lipinski definition) is 0. The second kappa shape index (κ2) is 31.9. The van der Waals surface area contributed by atoms with Crippen molar-refractivity contribution in [2.45, 2.75) is 0 Å². The zero-order chi connectivity index (χ0) is 78.9. The maximum atomic E-state index is 5.01. The van der Waals surface area contributed by atoms with E-state index in [2.05, 4.69) is 37.2 Å². The maximum Gasteiger partial charge on any atom is 0.144 e. The Balaban J connectivity index is 0.378. The third-order valence-corrected chi connectivity index (χ3v) is 37.5. The van der Waals surface area contributed by atoms with Gasteiger partial charge < -0.3 is 4.90 Å². The number of rotatable bonds is 23. The molecule has 24 nitrogen and oxygen atoms in total. The largest absolute Gasteiger partial charge is 0.312 e. The molecule has 24 rings (SSSR count). The molecule has 0 atom stereocenters. The van der Waals surface area contributed by atoms with Crippen LogP contribution in [0, 0.1) is 6.20 Å². The summed E-state index contributed by atoms with van der Waals surface area (Å²) in [7, 11) is 0. The average molecular weight is 2000 g/mol. The van der Waals surface area contributed by atoms with E-state index in [0.717, 1.165) is 247 Å². The third kappa shape index (κ3) is 14.6. The summed E-state index contributed by atoms with van der Waals surface area (Å²) < 4.78 is 0. The van der Waals surface area contributed by atoms with Gasteiger partial charge in [-0.3, -0.25) is 0 Å². The highest BCUT2D eigenvalue weighted by Gasteiger charge is 2.28. The van der Waals surface area contributed by atoms with Crippen molar-refractivity contribution in [3.63, 3.8) is 0 Å². The highest BCUT2D eigenvalue weighted by Crippen LogP contribution is 2.47. The van der Waals surface area contributed by atoms with E-state index in [-0.39, 0.29) is 0 Å². The smallest absolute Gasteiger partial charge is 0.144 e. The monoisotopic (exact) mass is 1990 g/mol. The summed E-state index contributed by atoms with van der Waals surface area (Å²) in [6.07, 6.45) is 2.87. The summed E-state index contributed by atoms with van der Waals surface area (Å²) in [5.74, 6) is 1.77. The minimum Gasteiger partial charge on any atom is -0.312 e. The zero-order valence-corrected chi connectivity index (χ0v) is 78.3. The van der Waals surface area contributed by atoms with Crippen LogP contribution in [-0.4, -0.2) is 121 Å². The molecular formula is C72H27N24S24. The van der Waals surface area contributed by atoms with Crippen molar-refractivity contribution < 1.29 is 0 Å². The van der Waals surface area contributed by atoms with Gasteiger partial charge in [0, 0.05) is 124 Å². The molecule has 120 heavy (non-hydrogen) atoms. The first-order valence-electron chi connectivity index (χ1n) is 34.2. The molecule has 0 unspecified atom stereocenters. The van der Waals surface area contributed by atoms with Crippen LogP contribution in [-0.2, 0) is 0 Å². The van der Waals surface area contributed by atoms with Crippen LogP contribution in [0.3, 0.4) is 0 Å². The molecule has 48 heteroatoms. The number of nitrogens with zero attached hydrogens (tertiary/aromatic N) is 24. The van der Waals surface area contributed by atoms with Crippen LogP contribution in [0.2, 0.25) is 0 Å². The Hall–Kier alpha value is -8.62. The van der Waals surface area contributed by atoms with Crippen LogP contribution in [0.4, 0.5) is 5.82 Å². The van der Waals surface area contributed by atoms with Gasteiger partial charge in [0.15, 0.2) is 0 Å². The fraction of sp³-hybridized carbons (Fsp3) is 0.0139. The standard InChI is InChI=1S/C72H27N24S24/c1-2-99-51(73-1)28-3-100-52(75-28)29-4-101-53(76-29)30-5-102-54(77-30)31-6-103-55(78-31)32-7-104-56(79-32)33-8-105-57(80-33)34-9-106-58(81-34)35-10-107-59(82-35)36-11-108-60(83-36)37-12-109-61(84-37)38-13-110-62(85-38)39-14-111-63(86-39)40-15-112-64(87-40)41-16-113-65(88-41)42-17-114-66(89-42)43-18-115-67(90-43)44-19-116-68(91-44)45-20-117-69(92-45)46-21-118-70(93-46)47-22-119-71(94-47)48-23-120-72(95-48)49-24-98-27-96(49)50-25-97-26-74-50/h2-26H,27H2. The minimum atomic E-state index is 0.787. The Morgan fingerprint density at radius 1 is 0.200 bits per heavy atom. The number of thiazole rings is 23. The van der Waals surface area contributed by atoms with Gasteiger partial charge in [-0.15, -0.1) is 273 Å². The fourth-order valence-corrected chi connectivity index (χ4v) is 31.3. The highest BCUT2D eigenvalue weighted by atomic mass is 32.2. The van der Waals surface area contributed by atoms with E-state index >= 15 is 0 Å². The molecular weight excluding hydrogens is 1970 g/mol. The SMILES string of the molecule is [c]1csc(-c2csc(-c3csc(-c4csc(-c5csc(-c6csc(-c7csc(-c8csc(-c9csc(-c%10csc(-c%11csc(-c%12csc(-c%13csc(-c%14csc(-c%15csc(-c%16csc(-c%17csc(-c%18csc(-c%19csc(-c%20csc(-c%21csc(-c%22csc(C%23=CSCN%23c%23cscn%23)n%22)n%21)n%20)n%19)n%18)n%17)n%16)n%15)n%14)n%13)n%12)n%11)n%10)n9)n8)n7)n6)n5)n4)n3)n2)n1. The minimum absolute atomic E-state index is 0.787. The summed E-state index contributed by atoms with van der Waals surface area (Å²) in [4.78, 5) is 115. The van der Waals surface area contributed by atoms with Crippen molar-refractivity contribution in [1.29, 1.82) is 0 Å². The fourth-order valence-electron chi connectivity index (χ4n) is 11.6. The first-order chi connectivity index (χ1) is 59.2. The van der Waals surface area contributed by atoms with Crippen molar-refractivity contribution in [1.82, 2.24) is 115 Å². The second-order valence-electron chi connectivity index (χ2n) is 24.7. The van der Waals surface area contributed by atoms with Crippen LogP contribution >= 0.6 is 273 Å². The lowest BCUT2D eigenvalue weighted by Crippen LogP contribution is -2.16. The van der Waals surface area contributed by atoms with Crippen LogP contribution < -0.4 is 4.90 Å². The predicted molar refractivity (Wildman–Crippen MR) is 509 cm³/mol. The zero-order valence-electron chi connectivity index (χ0n) is 58.7. The Kier molecular flexibility index (Phi) is 20.0. The van der Waals surface area contributed by atoms with E-state index in [1.54, 1.807) is 170 Å². The van der Waals surface area contributed by atoms with Gasteiger partial charge in [-0.25, -0.2) is 115 Å².